The quantitative estimate of drug-likeness (QED) is 0.194. The van der Waals surface area contributed by atoms with Gasteiger partial charge in [-0.2, -0.15) is 0 Å². The summed E-state index contributed by atoms with van der Waals surface area (Å²) in [4.78, 5) is 40.7. The minimum Gasteiger partial charge on any atom is -0.481 e. The summed E-state index contributed by atoms with van der Waals surface area (Å²) in [6.07, 6.45) is 13.9. The third-order valence-electron chi connectivity index (χ3n) is 17.1. The van der Waals surface area contributed by atoms with Gasteiger partial charge in [0.25, 0.3) is 0 Å². The van der Waals surface area contributed by atoms with Gasteiger partial charge in [0.05, 0.1) is 12.8 Å². The standard InChI is InChI=1S/C43H70N2O5/c1-27(2)29-12-19-43(24-34(46)45-22-15-28(44)16-23-45)21-20-41(8)30(37(29)43)10-11-32-40(7)17-14-33(39(5,6)31(40)13-18-42(32,41)9)50-36(49)26-38(3,4)25-35(47)48/h28-33,37H,1,10-26,44H2,2-9H3,(H,47,48)/t29-,30+,31-,32+,33-,37+,40-,41+,42+,43+/m0/s1. The van der Waals surface area contributed by atoms with Crippen LogP contribution < -0.4 is 5.73 Å². The Morgan fingerprint density at radius 1 is 0.840 bits per heavy atom. The van der Waals surface area contributed by atoms with E-state index in [2.05, 4.69) is 53.0 Å². The van der Waals surface area contributed by atoms with Crippen LogP contribution in [-0.4, -0.2) is 53.1 Å². The molecule has 3 N–H and O–H groups in total. The lowest BCUT2D eigenvalue weighted by atomic mass is 9.32. The van der Waals surface area contributed by atoms with Gasteiger partial charge in [0, 0.05) is 31.0 Å². The third-order valence-corrected chi connectivity index (χ3v) is 17.1. The number of piperidine rings is 1. The average Bonchev–Trinajstić information content (AvgIpc) is 3.38. The lowest BCUT2D eigenvalue weighted by Crippen LogP contribution is -2.67. The van der Waals surface area contributed by atoms with E-state index in [1.807, 2.05) is 13.8 Å². The predicted octanol–water partition coefficient (Wildman–Crippen LogP) is 8.79. The molecule has 5 aliphatic carbocycles. The second kappa shape index (κ2) is 12.9. The van der Waals surface area contributed by atoms with E-state index in [9.17, 15) is 19.5 Å². The van der Waals surface area contributed by atoms with Gasteiger partial charge in [-0.05, 0) is 141 Å². The summed E-state index contributed by atoms with van der Waals surface area (Å²) in [5.74, 6) is 1.91. The van der Waals surface area contributed by atoms with Crippen molar-refractivity contribution in [3.63, 3.8) is 0 Å². The van der Waals surface area contributed by atoms with Crippen LogP contribution >= 0.6 is 0 Å². The number of likely N-dealkylation sites (tertiary alicyclic amines) is 1. The minimum absolute atomic E-state index is 0.0457. The fourth-order valence-electron chi connectivity index (χ4n) is 14.4. The van der Waals surface area contributed by atoms with Crippen molar-refractivity contribution in [1.82, 2.24) is 4.90 Å². The summed E-state index contributed by atoms with van der Waals surface area (Å²) in [6, 6.07) is 0.228. The molecule has 6 rings (SSSR count). The molecule has 6 fully saturated rings. The van der Waals surface area contributed by atoms with E-state index in [0.29, 0.717) is 41.9 Å². The van der Waals surface area contributed by atoms with Gasteiger partial charge >= 0.3 is 11.9 Å². The summed E-state index contributed by atoms with van der Waals surface area (Å²) in [5.41, 5.74) is 7.41. The summed E-state index contributed by atoms with van der Waals surface area (Å²) in [5, 5.41) is 9.34. The molecule has 0 bridgehead atoms. The van der Waals surface area contributed by atoms with Gasteiger partial charge < -0.3 is 20.5 Å². The van der Waals surface area contributed by atoms with E-state index in [1.54, 1.807) is 0 Å². The topological polar surface area (TPSA) is 110 Å². The lowest BCUT2D eigenvalue weighted by Gasteiger charge is -2.73. The number of rotatable bonds is 8. The molecule has 50 heavy (non-hydrogen) atoms. The van der Waals surface area contributed by atoms with Gasteiger partial charge in [-0.3, -0.25) is 14.4 Å². The van der Waals surface area contributed by atoms with Gasteiger partial charge in [-0.25, -0.2) is 0 Å². The highest BCUT2D eigenvalue weighted by molar-refractivity contribution is 5.77. The molecule has 1 heterocycles. The first-order valence-corrected chi connectivity index (χ1v) is 20.3. The van der Waals surface area contributed by atoms with E-state index in [1.165, 1.54) is 37.7 Å². The van der Waals surface area contributed by atoms with Crippen LogP contribution in [0.4, 0.5) is 0 Å². The molecule has 0 aromatic carbocycles. The van der Waals surface area contributed by atoms with Crippen LogP contribution in [0.3, 0.4) is 0 Å². The maximum atomic E-state index is 14.0. The molecular formula is C43H70N2O5. The van der Waals surface area contributed by atoms with E-state index >= 15 is 0 Å². The van der Waals surface area contributed by atoms with E-state index in [0.717, 1.165) is 58.0 Å². The van der Waals surface area contributed by atoms with Crippen molar-refractivity contribution >= 4 is 17.8 Å². The Morgan fingerprint density at radius 3 is 2.16 bits per heavy atom. The number of ether oxygens (including phenoxy) is 1. The number of esters is 1. The molecule has 7 heteroatoms. The third kappa shape index (κ3) is 6.09. The molecule has 0 aromatic heterocycles. The molecule has 1 saturated heterocycles. The Morgan fingerprint density at radius 2 is 1.52 bits per heavy atom. The molecule has 6 aliphatic rings. The number of nitrogens with two attached hydrogens (primary N) is 1. The SMILES string of the molecule is C=C(C)[C@@H]1CC[C@]2(CC(=O)N3CCC(N)CC3)CC[C@]3(C)[C@H](CC[C@@H]4[C@@]5(C)CC[C@H](OC(=O)CC(C)(C)CC(=O)O)C(C)(C)[C@@H]5CC[C@]43C)[C@@H]12. The Bertz CT molecular complexity index is 1360. The maximum Gasteiger partial charge on any atom is 0.306 e. The molecule has 0 unspecified atom stereocenters. The maximum absolute atomic E-state index is 14.0. The van der Waals surface area contributed by atoms with Crippen LogP contribution in [-0.2, 0) is 19.1 Å². The zero-order chi connectivity index (χ0) is 36.7. The first-order chi connectivity index (χ1) is 23.2. The summed E-state index contributed by atoms with van der Waals surface area (Å²) < 4.78 is 6.28. The summed E-state index contributed by atoms with van der Waals surface area (Å²) >= 11 is 0. The van der Waals surface area contributed by atoms with E-state index < -0.39 is 11.4 Å². The monoisotopic (exact) mass is 695 g/mol. The molecule has 5 saturated carbocycles. The van der Waals surface area contributed by atoms with Gasteiger partial charge in [-0.15, -0.1) is 0 Å². The number of hydrogen-bond donors (Lipinski definition) is 2. The second-order valence-electron chi connectivity index (χ2n) is 20.7. The predicted molar refractivity (Wildman–Crippen MR) is 198 cm³/mol. The number of carbonyl (C=O) groups excluding carboxylic acids is 2. The fraction of sp³-hybridized carbons (Fsp3) is 0.884. The summed E-state index contributed by atoms with van der Waals surface area (Å²) in [7, 11) is 0. The van der Waals surface area contributed by atoms with Gasteiger partial charge in [0.2, 0.25) is 5.91 Å². The first kappa shape index (κ1) is 37.9. The zero-order valence-corrected chi connectivity index (χ0v) is 32.9. The Balaban J connectivity index is 1.23. The van der Waals surface area contributed by atoms with Crippen molar-refractivity contribution in [2.75, 3.05) is 13.1 Å². The number of allylic oxidation sites excluding steroid dienone is 1. The van der Waals surface area contributed by atoms with Crippen LogP contribution in [0.25, 0.3) is 0 Å². The van der Waals surface area contributed by atoms with Crippen molar-refractivity contribution in [2.45, 2.75) is 164 Å². The molecule has 0 aromatic rings. The molecule has 1 amide bonds. The van der Waals surface area contributed by atoms with Crippen molar-refractivity contribution in [1.29, 1.82) is 0 Å². The van der Waals surface area contributed by atoms with Gasteiger partial charge in [0.1, 0.15) is 6.10 Å². The van der Waals surface area contributed by atoms with E-state index in [4.69, 9.17) is 10.5 Å². The van der Waals surface area contributed by atoms with Crippen LogP contribution in [0.1, 0.15) is 152 Å². The molecular weight excluding hydrogens is 624 g/mol. The molecule has 1 aliphatic heterocycles. The molecule has 0 spiro atoms. The highest BCUT2D eigenvalue weighted by Gasteiger charge is 2.71. The van der Waals surface area contributed by atoms with Crippen molar-refractivity contribution in [2.24, 2.45) is 67.8 Å². The van der Waals surface area contributed by atoms with Crippen LogP contribution in [0.2, 0.25) is 0 Å². The number of carboxylic acid groups (broad SMARTS) is 1. The van der Waals surface area contributed by atoms with Crippen molar-refractivity contribution in [3.05, 3.63) is 12.2 Å². The van der Waals surface area contributed by atoms with Crippen molar-refractivity contribution in [3.8, 4) is 0 Å². The summed E-state index contributed by atoms with van der Waals surface area (Å²) in [6.45, 7) is 24.7. The van der Waals surface area contributed by atoms with Gasteiger partial charge in [0.15, 0.2) is 0 Å². The molecule has 7 nitrogen and oxygen atoms in total. The molecule has 10 atom stereocenters. The number of carbonyl (C=O) groups is 3. The number of carboxylic acids is 1. The lowest BCUT2D eigenvalue weighted by molar-refractivity contribution is -0.250. The highest BCUT2D eigenvalue weighted by Crippen LogP contribution is 2.78. The van der Waals surface area contributed by atoms with Crippen LogP contribution in [0.15, 0.2) is 12.2 Å². The number of amides is 1. The number of nitrogens with zero attached hydrogens (tertiary/aromatic N) is 1. The Hall–Kier alpha value is -1.89. The molecule has 0 radical (unpaired) electrons. The Kier molecular flexibility index (Phi) is 9.77. The van der Waals surface area contributed by atoms with Crippen LogP contribution in [0.5, 0.6) is 0 Å². The van der Waals surface area contributed by atoms with Crippen LogP contribution in [0, 0.1) is 62.1 Å². The van der Waals surface area contributed by atoms with E-state index in [-0.39, 0.29) is 58.0 Å². The molecule has 282 valence electrons. The van der Waals surface area contributed by atoms with Gasteiger partial charge in [-0.1, -0.05) is 60.6 Å². The normalized spacial score (nSPS) is 42.8. The average molecular weight is 695 g/mol. The minimum atomic E-state index is -0.881. The number of aliphatic carboxylic acids is 1. The number of fused-ring (bicyclic) bond motifs is 7. The fourth-order valence-corrected chi connectivity index (χ4v) is 14.4. The highest BCUT2D eigenvalue weighted by atomic mass is 16.5. The Labute approximate surface area is 303 Å². The zero-order valence-electron chi connectivity index (χ0n) is 32.9. The second-order valence-corrected chi connectivity index (χ2v) is 20.7. The number of hydrogen-bond acceptors (Lipinski definition) is 5. The first-order valence-electron chi connectivity index (χ1n) is 20.3. The van der Waals surface area contributed by atoms with Crippen molar-refractivity contribution < 1.29 is 24.2 Å². The smallest absolute Gasteiger partial charge is 0.306 e. The largest absolute Gasteiger partial charge is 0.481 e.